The Balaban J connectivity index is 1.52. The maximum Gasteiger partial charge on any atom is 0.124 e. The molecular formula is C40H41N2. The summed E-state index contributed by atoms with van der Waals surface area (Å²) in [6.45, 7) is 14.0. The first-order valence-corrected chi connectivity index (χ1v) is 15.2. The predicted molar refractivity (Wildman–Crippen MR) is 179 cm³/mol. The topological polar surface area (TPSA) is 6.48 Å². The minimum atomic E-state index is -0.209. The van der Waals surface area contributed by atoms with Crippen molar-refractivity contribution >= 4 is 22.7 Å². The number of benzene rings is 5. The molecule has 1 radical (unpaired) electrons. The first kappa shape index (κ1) is 27.8. The summed E-state index contributed by atoms with van der Waals surface area (Å²) in [6, 6.07) is 47.5. The van der Waals surface area contributed by atoms with Crippen LogP contribution in [-0.4, -0.2) is 0 Å². The molecule has 0 N–H and O–H groups in total. The molecule has 0 bridgehead atoms. The van der Waals surface area contributed by atoms with Crippen molar-refractivity contribution in [3.8, 4) is 0 Å². The fourth-order valence-electron chi connectivity index (χ4n) is 6.56. The highest BCUT2D eigenvalue weighted by atomic mass is 15.3. The van der Waals surface area contributed by atoms with Gasteiger partial charge in [-0.15, -0.1) is 0 Å². The Morgan fingerprint density at radius 3 is 1.52 bits per heavy atom. The Morgan fingerprint density at radius 2 is 1.00 bits per heavy atom. The molecule has 42 heavy (non-hydrogen) atoms. The fourth-order valence-corrected chi connectivity index (χ4v) is 6.56. The van der Waals surface area contributed by atoms with E-state index >= 15 is 0 Å². The van der Waals surface area contributed by atoms with Gasteiger partial charge in [-0.1, -0.05) is 119 Å². The smallest absolute Gasteiger partial charge is 0.124 e. The van der Waals surface area contributed by atoms with E-state index in [1.54, 1.807) is 0 Å². The molecule has 0 saturated heterocycles. The van der Waals surface area contributed by atoms with Crippen LogP contribution in [0.25, 0.3) is 0 Å². The van der Waals surface area contributed by atoms with Crippen LogP contribution in [0, 0.1) is 6.04 Å². The lowest BCUT2D eigenvalue weighted by atomic mass is 9.88. The minimum Gasteiger partial charge on any atom is -0.345 e. The Labute approximate surface area is 252 Å². The van der Waals surface area contributed by atoms with E-state index in [1.165, 1.54) is 39.5 Å². The average Bonchev–Trinajstić information content (AvgIpc) is 3.24. The van der Waals surface area contributed by atoms with Crippen LogP contribution in [0.5, 0.6) is 0 Å². The number of fused-ring (bicyclic) bond motifs is 1. The predicted octanol–water partition coefficient (Wildman–Crippen LogP) is 11.1. The third-order valence-corrected chi connectivity index (χ3v) is 8.62. The van der Waals surface area contributed by atoms with Crippen LogP contribution in [0.15, 0.2) is 127 Å². The van der Waals surface area contributed by atoms with Crippen LogP contribution < -0.4 is 9.80 Å². The van der Waals surface area contributed by atoms with Crippen LogP contribution in [-0.2, 0) is 5.54 Å². The maximum absolute atomic E-state index is 2.64. The van der Waals surface area contributed by atoms with Crippen LogP contribution in [0.4, 0.5) is 22.7 Å². The summed E-state index contributed by atoms with van der Waals surface area (Å²) in [4.78, 5) is 4.97. The van der Waals surface area contributed by atoms with Gasteiger partial charge in [0.2, 0.25) is 0 Å². The van der Waals surface area contributed by atoms with Crippen LogP contribution in [0.3, 0.4) is 0 Å². The zero-order chi connectivity index (χ0) is 29.4. The Kier molecular flexibility index (Phi) is 7.41. The summed E-state index contributed by atoms with van der Waals surface area (Å²) in [5.41, 5.74) is 11.3. The standard InChI is InChI=1S/C40H41N2/c1-28(2)34-21-15-22-35(29(3)4)39(34)42-38(36-20-13-14-23-37(36)40(42,5)6)30-24-26-33(27-25-30)41(31-16-9-7-10-17-31)32-18-11-8-12-19-32/h7-29H,1-6H3. The average molecular weight is 550 g/mol. The summed E-state index contributed by atoms with van der Waals surface area (Å²) >= 11 is 0. The number of para-hydroxylation sites is 3. The monoisotopic (exact) mass is 549 g/mol. The van der Waals surface area contributed by atoms with Crippen molar-refractivity contribution in [2.45, 2.75) is 58.9 Å². The van der Waals surface area contributed by atoms with Crippen molar-refractivity contribution < 1.29 is 0 Å². The second kappa shape index (κ2) is 11.2. The van der Waals surface area contributed by atoms with Gasteiger partial charge >= 0.3 is 0 Å². The molecule has 0 fully saturated rings. The summed E-state index contributed by atoms with van der Waals surface area (Å²) < 4.78 is 0. The van der Waals surface area contributed by atoms with E-state index in [0.29, 0.717) is 11.8 Å². The van der Waals surface area contributed by atoms with Gasteiger partial charge in [0.1, 0.15) is 6.04 Å². The number of anilines is 4. The summed E-state index contributed by atoms with van der Waals surface area (Å²) in [7, 11) is 0. The maximum atomic E-state index is 2.64. The van der Waals surface area contributed by atoms with Crippen molar-refractivity contribution in [1.82, 2.24) is 0 Å². The molecule has 0 atom stereocenters. The van der Waals surface area contributed by atoms with Crippen LogP contribution >= 0.6 is 0 Å². The molecule has 0 amide bonds. The highest BCUT2D eigenvalue weighted by Crippen LogP contribution is 2.54. The Morgan fingerprint density at radius 1 is 0.524 bits per heavy atom. The lowest BCUT2D eigenvalue weighted by Crippen LogP contribution is -2.40. The van der Waals surface area contributed by atoms with Gasteiger partial charge in [-0.2, -0.15) is 0 Å². The molecule has 5 aromatic carbocycles. The zero-order valence-electron chi connectivity index (χ0n) is 25.7. The molecule has 1 heterocycles. The van der Waals surface area contributed by atoms with E-state index in [4.69, 9.17) is 0 Å². The molecule has 0 unspecified atom stereocenters. The highest BCUT2D eigenvalue weighted by Gasteiger charge is 2.47. The first-order chi connectivity index (χ1) is 20.3. The van der Waals surface area contributed by atoms with E-state index in [-0.39, 0.29) is 5.54 Å². The lowest BCUT2D eigenvalue weighted by Gasteiger charge is -2.42. The molecule has 2 nitrogen and oxygen atoms in total. The number of hydrogen-bond donors (Lipinski definition) is 0. The lowest BCUT2D eigenvalue weighted by molar-refractivity contribution is 0.529. The van der Waals surface area contributed by atoms with E-state index in [2.05, 4.69) is 179 Å². The van der Waals surface area contributed by atoms with E-state index in [0.717, 1.165) is 17.1 Å². The molecule has 1 aliphatic heterocycles. The number of hydrogen-bond acceptors (Lipinski definition) is 2. The molecular weight excluding hydrogens is 508 g/mol. The zero-order valence-corrected chi connectivity index (χ0v) is 25.7. The largest absolute Gasteiger partial charge is 0.345 e. The quantitative estimate of drug-likeness (QED) is 0.199. The van der Waals surface area contributed by atoms with E-state index in [9.17, 15) is 0 Å². The fraction of sp³-hybridized carbons (Fsp3) is 0.225. The van der Waals surface area contributed by atoms with Gasteiger partial charge in [0.25, 0.3) is 0 Å². The van der Waals surface area contributed by atoms with Crippen molar-refractivity contribution in [2.24, 2.45) is 0 Å². The highest BCUT2D eigenvalue weighted by molar-refractivity contribution is 5.79. The third kappa shape index (κ3) is 4.79. The number of nitrogens with zero attached hydrogens (tertiary/aromatic N) is 2. The molecule has 5 aromatic rings. The van der Waals surface area contributed by atoms with Crippen molar-refractivity contribution in [1.29, 1.82) is 0 Å². The number of rotatable bonds is 7. The SMILES string of the molecule is CC(C)c1cccc(C(C)C)c1N1[C](c2ccc(N(c3ccccc3)c3ccccc3)cc2)c2ccccc2C1(C)C. The van der Waals surface area contributed by atoms with E-state index < -0.39 is 0 Å². The third-order valence-electron chi connectivity index (χ3n) is 8.62. The molecule has 6 rings (SSSR count). The van der Waals surface area contributed by atoms with Crippen LogP contribution in [0.2, 0.25) is 0 Å². The second-order valence-corrected chi connectivity index (χ2v) is 12.4. The normalized spacial score (nSPS) is 14.4. The van der Waals surface area contributed by atoms with Gasteiger partial charge in [0, 0.05) is 22.7 Å². The van der Waals surface area contributed by atoms with Crippen LogP contribution in [0.1, 0.15) is 81.2 Å². The summed E-state index contributed by atoms with van der Waals surface area (Å²) in [5, 5.41) is 0. The van der Waals surface area contributed by atoms with Crippen molar-refractivity contribution in [3.63, 3.8) is 0 Å². The van der Waals surface area contributed by atoms with Crippen molar-refractivity contribution in [3.05, 3.63) is 161 Å². The first-order valence-electron chi connectivity index (χ1n) is 15.2. The van der Waals surface area contributed by atoms with E-state index in [1.807, 2.05) is 0 Å². The molecule has 0 aliphatic carbocycles. The summed E-state index contributed by atoms with van der Waals surface area (Å²) in [6.07, 6.45) is 0. The molecule has 0 spiro atoms. The van der Waals surface area contributed by atoms with Gasteiger partial charge in [0.05, 0.1) is 5.54 Å². The molecule has 1 aliphatic rings. The van der Waals surface area contributed by atoms with Gasteiger partial charge < -0.3 is 9.80 Å². The second-order valence-electron chi connectivity index (χ2n) is 12.4. The van der Waals surface area contributed by atoms with Gasteiger partial charge in [-0.25, -0.2) is 0 Å². The summed E-state index contributed by atoms with van der Waals surface area (Å²) in [5.74, 6) is 0.819. The van der Waals surface area contributed by atoms with Gasteiger partial charge in [-0.05, 0) is 89.9 Å². The van der Waals surface area contributed by atoms with Gasteiger partial charge in [0.15, 0.2) is 0 Å². The van der Waals surface area contributed by atoms with Crippen molar-refractivity contribution in [2.75, 3.05) is 9.80 Å². The molecule has 0 aromatic heterocycles. The molecule has 0 saturated carbocycles. The van der Waals surface area contributed by atoms with Gasteiger partial charge in [-0.3, -0.25) is 0 Å². The Hall–Kier alpha value is -4.30. The Bertz CT molecular complexity index is 1580. The minimum absolute atomic E-state index is 0.209. The molecule has 211 valence electrons. The molecule has 2 heteroatoms.